The van der Waals surface area contributed by atoms with E-state index >= 15 is 0 Å². The van der Waals surface area contributed by atoms with Gasteiger partial charge in [-0.25, -0.2) is 0 Å². The quantitative estimate of drug-likeness (QED) is 0.0320. The second-order valence-electron chi connectivity index (χ2n) is 27.0. The van der Waals surface area contributed by atoms with Crippen LogP contribution in [-0.2, 0) is 14.3 Å². The van der Waals surface area contributed by atoms with E-state index in [1.54, 1.807) is 0 Å². The topological polar surface area (TPSA) is 95.9 Å². The molecule has 6 nitrogen and oxygen atoms in total. The van der Waals surface area contributed by atoms with Gasteiger partial charge in [-0.15, -0.1) is 0 Å². The summed E-state index contributed by atoms with van der Waals surface area (Å²) < 4.78 is 5.48. The lowest BCUT2D eigenvalue weighted by atomic mass is 10.0. The molecular weight excluding hydrogens is 1050 g/mol. The third-order valence-corrected chi connectivity index (χ3v) is 18.4. The third kappa shape index (κ3) is 71.2. The molecule has 508 valence electrons. The smallest absolute Gasteiger partial charge is 0.305 e. The average Bonchev–Trinajstić information content (AvgIpc) is 3.54. The van der Waals surface area contributed by atoms with Crippen LogP contribution in [0.5, 0.6) is 0 Å². The van der Waals surface area contributed by atoms with Crippen molar-refractivity contribution < 1.29 is 24.5 Å². The van der Waals surface area contributed by atoms with Crippen LogP contribution in [0.2, 0.25) is 0 Å². The van der Waals surface area contributed by atoms with Crippen LogP contribution >= 0.6 is 0 Å². The fourth-order valence-electron chi connectivity index (χ4n) is 12.4. The third-order valence-electron chi connectivity index (χ3n) is 18.4. The zero-order valence-corrected chi connectivity index (χ0v) is 58.3. The first kappa shape index (κ1) is 84.1. The Bertz CT molecular complexity index is 1390. The molecule has 0 heterocycles. The molecule has 6 heteroatoms. The van der Waals surface area contributed by atoms with E-state index in [0.717, 1.165) is 51.4 Å². The number of rotatable bonds is 74. The Balaban J connectivity index is 3.36. The highest BCUT2D eigenvalue weighted by Gasteiger charge is 2.20. The highest BCUT2D eigenvalue weighted by atomic mass is 16.5. The van der Waals surface area contributed by atoms with Crippen LogP contribution in [0.3, 0.4) is 0 Å². The highest BCUT2D eigenvalue weighted by molar-refractivity contribution is 5.76. The molecule has 0 spiro atoms. The molecule has 1 amide bonds. The van der Waals surface area contributed by atoms with Crippen molar-refractivity contribution in [3.63, 3.8) is 0 Å². The maximum absolute atomic E-state index is 12.6. The van der Waals surface area contributed by atoms with Gasteiger partial charge in [-0.1, -0.05) is 384 Å². The minimum absolute atomic E-state index is 0.00342. The molecule has 2 unspecified atom stereocenters. The Kier molecular flexibility index (Phi) is 73.9. The lowest BCUT2D eigenvalue weighted by Gasteiger charge is -2.22. The standard InChI is InChI=1S/C80H153NO5/c1-3-5-7-9-11-13-15-17-18-19-20-21-22-33-36-39-42-45-49-52-56-60-64-68-72-78(83)77(76-82)81-79(84)73-69-65-61-57-53-50-46-43-40-37-34-31-29-27-25-23-24-26-28-30-32-35-38-41-44-47-51-55-59-63-67-71-75-86-80(85)74-70-66-62-58-54-48-16-14-12-10-8-6-4-2/h8,10,14,16,26,28,77-78,82-83H,3-7,9,11-13,15,17-25,27,29-76H2,1-2H3,(H,81,84)/b10-8-,16-14-,28-26-. The number of amides is 1. The first-order valence-corrected chi connectivity index (χ1v) is 39.2. The lowest BCUT2D eigenvalue weighted by molar-refractivity contribution is -0.143. The summed E-state index contributed by atoms with van der Waals surface area (Å²) in [5.41, 5.74) is 0. The lowest BCUT2D eigenvalue weighted by Crippen LogP contribution is -2.45. The van der Waals surface area contributed by atoms with E-state index in [0.29, 0.717) is 25.9 Å². The van der Waals surface area contributed by atoms with Crippen molar-refractivity contribution in [3.8, 4) is 0 Å². The van der Waals surface area contributed by atoms with Gasteiger partial charge in [-0.2, -0.15) is 0 Å². The van der Waals surface area contributed by atoms with Crippen LogP contribution in [0, 0.1) is 0 Å². The van der Waals surface area contributed by atoms with E-state index in [2.05, 4.69) is 55.6 Å². The SMILES string of the molecule is CCC/C=C\C/C=C\CCCCCCCC(=O)OCCCCCCCCCCCCCC/C=C\CCCCCCCCCCCCCCCCCCC(=O)NC(CO)C(O)CCCCCCCCCCCCCCCCCCCCCCCCCC. The number of carbonyl (C=O) groups is 2. The molecule has 0 saturated heterocycles. The van der Waals surface area contributed by atoms with Crippen molar-refractivity contribution in [2.24, 2.45) is 0 Å². The summed E-state index contributed by atoms with van der Waals surface area (Å²) in [5.74, 6) is -0.0236. The molecule has 0 aliphatic heterocycles. The molecule has 2 atom stereocenters. The van der Waals surface area contributed by atoms with Gasteiger partial charge < -0.3 is 20.3 Å². The molecule has 0 saturated carbocycles. The monoisotopic (exact) mass is 1210 g/mol. The van der Waals surface area contributed by atoms with E-state index < -0.39 is 12.1 Å². The number of aliphatic hydroxyl groups is 2. The summed E-state index contributed by atoms with van der Waals surface area (Å²) in [6, 6.07) is -0.541. The fraction of sp³-hybridized carbons (Fsp3) is 0.900. The van der Waals surface area contributed by atoms with Crippen molar-refractivity contribution in [2.45, 2.75) is 450 Å². The van der Waals surface area contributed by atoms with Crippen LogP contribution in [0.4, 0.5) is 0 Å². The van der Waals surface area contributed by atoms with Crippen molar-refractivity contribution in [2.75, 3.05) is 13.2 Å². The van der Waals surface area contributed by atoms with Gasteiger partial charge in [0.15, 0.2) is 0 Å². The minimum Gasteiger partial charge on any atom is -0.466 e. The molecule has 0 bridgehead atoms. The minimum atomic E-state index is -0.664. The molecule has 86 heavy (non-hydrogen) atoms. The molecular formula is C80H153NO5. The Hall–Kier alpha value is -1.92. The van der Waals surface area contributed by atoms with Crippen molar-refractivity contribution in [3.05, 3.63) is 36.5 Å². The number of esters is 1. The van der Waals surface area contributed by atoms with Gasteiger partial charge in [-0.05, 0) is 77.0 Å². The van der Waals surface area contributed by atoms with Crippen molar-refractivity contribution in [1.82, 2.24) is 5.32 Å². The number of nitrogens with one attached hydrogen (secondary N) is 1. The van der Waals surface area contributed by atoms with E-state index in [9.17, 15) is 19.8 Å². The second-order valence-corrected chi connectivity index (χ2v) is 27.0. The van der Waals surface area contributed by atoms with Gasteiger partial charge in [0, 0.05) is 12.8 Å². The Morgan fingerprint density at radius 1 is 0.326 bits per heavy atom. The first-order chi connectivity index (χ1) is 42.5. The number of carbonyl (C=O) groups excluding carboxylic acids is 2. The van der Waals surface area contributed by atoms with E-state index in [1.807, 2.05) is 0 Å². The van der Waals surface area contributed by atoms with Gasteiger partial charge in [0.05, 0.1) is 25.4 Å². The molecule has 3 N–H and O–H groups in total. The van der Waals surface area contributed by atoms with E-state index in [-0.39, 0.29) is 18.5 Å². The normalized spacial score (nSPS) is 12.7. The first-order valence-electron chi connectivity index (χ1n) is 39.2. The fourth-order valence-corrected chi connectivity index (χ4v) is 12.4. The number of hydrogen-bond acceptors (Lipinski definition) is 5. The van der Waals surface area contributed by atoms with Crippen LogP contribution in [0.1, 0.15) is 438 Å². The van der Waals surface area contributed by atoms with Crippen molar-refractivity contribution >= 4 is 11.9 Å². The van der Waals surface area contributed by atoms with E-state index in [4.69, 9.17) is 4.74 Å². The zero-order valence-electron chi connectivity index (χ0n) is 58.3. The predicted molar refractivity (Wildman–Crippen MR) is 379 cm³/mol. The van der Waals surface area contributed by atoms with E-state index in [1.165, 1.54) is 353 Å². The molecule has 0 aromatic heterocycles. The Labute approximate surface area is 538 Å². The number of allylic oxidation sites excluding steroid dienone is 6. The summed E-state index contributed by atoms with van der Waals surface area (Å²) in [6.45, 7) is 4.93. The maximum atomic E-state index is 12.6. The highest BCUT2D eigenvalue weighted by Crippen LogP contribution is 2.20. The number of ether oxygens (including phenoxy) is 1. The van der Waals surface area contributed by atoms with Crippen LogP contribution in [-0.4, -0.2) is 47.4 Å². The zero-order chi connectivity index (χ0) is 62.0. The molecule has 0 radical (unpaired) electrons. The maximum Gasteiger partial charge on any atom is 0.305 e. The summed E-state index contributed by atoms with van der Waals surface area (Å²) in [6.07, 6.45) is 98.1. The van der Waals surface area contributed by atoms with Gasteiger partial charge in [0.2, 0.25) is 5.91 Å². The molecule has 0 fully saturated rings. The number of aliphatic hydroxyl groups excluding tert-OH is 2. The second kappa shape index (κ2) is 75.5. The van der Waals surface area contributed by atoms with Crippen LogP contribution < -0.4 is 5.32 Å². The van der Waals surface area contributed by atoms with Crippen LogP contribution in [0.15, 0.2) is 36.5 Å². The predicted octanol–water partition coefficient (Wildman–Crippen LogP) is 25.8. The number of unbranched alkanes of at least 4 members (excludes halogenated alkanes) is 57. The average molecular weight is 1210 g/mol. The van der Waals surface area contributed by atoms with Gasteiger partial charge in [0.25, 0.3) is 0 Å². The molecule has 0 aromatic rings. The van der Waals surface area contributed by atoms with Crippen LogP contribution in [0.25, 0.3) is 0 Å². The Morgan fingerprint density at radius 3 is 0.942 bits per heavy atom. The van der Waals surface area contributed by atoms with Gasteiger partial charge in [0.1, 0.15) is 0 Å². The molecule has 0 aromatic carbocycles. The summed E-state index contributed by atoms with van der Waals surface area (Å²) in [5, 5.41) is 23.5. The number of hydrogen-bond donors (Lipinski definition) is 3. The summed E-state index contributed by atoms with van der Waals surface area (Å²) >= 11 is 0. The van der Waals surface area contributed by atoms with Gasteiger partial charge >= 0.3 is 5.97 Å². The summed E-state index contributed by atoms with van der Waals surface area (Å²) in [4.78, 5) is 24.6. The summed E-state index contributed by atoms with van der Waals surface area (Å²) in [7, 11) is 0. The molecule has 0 rings (SSSR count). The van der Waals surface area contributed by atoms with Gasteiger partial charge in [-0.3, -0.25) is 9.59 Å². The Morgan fingerprint density at radius 2 is 0.605 bits per heavy atom. The van der Waals surface area contributed by atoms with Crippen molar-refractivity contribution in [1.29, 1.82) is 0 Å². The largest absolute Gasteiger partial charge is 0.466 e. The molecule has 0 aliphatic rings. The molecule has 0 aliphatic carbocycles.